The van der Waals surface area contributed by atoms with Crippen LogP contribution < -0.4 is 10.1 Å². The number of amides is 1. The Kier molecular flexibility index (Phi) is 6.24. The molecular weight excluding hydrogens is 310 g/mol. The molecular formula is C19H20ClNO2. The van der Waals surface area contributed by atoms with Crippen LogP contribution in [0.4, 0.5) is 5.69 Å². The monoisotopic (exact) mass is 329 g/mol. The molecule has 1 amide bonds. The van der Waals surface area contributed by atoms with Crippen molar-refractivity contribution in [1.29, 1.82) is 0 Å². The van der Waals surface area contributed by atoms with E-state index >= 15 is 0 Å². The van der Waals surface area contributed by atoms with E-state index in [4.69, 9.17) is 16.3 Å². The molecule has 0 spiro atoms. The third-order valence-electron chi connectivity index (χ3n) is 3.25. The number of nitrogens with one attached hydrogen (secondary N) is 1. The molecule has 0 aliphatic carbocycles. The van der Waals surface area contributed by atoms with Crippen molar-refractivity contribution < 1.29 is 9.53 Å². The van der Waals surface area contributed by atoms with Crippen LogP contribution in [0.3, 0.4) is 0 Å². The van der Waals surface area contributed by atoms with E-state index in [1.165, 1.54) is 6.08 Å². The molecule has 4 heteroatoms. The molecule has 0 aliphatic rings. The molecule has 0 unspecified atom stereocenters. The summed E-state index contributed by atoms with van der Waals surface area (Å²) >= 11 is 5.96. The van der Waals surface area contributed by atoms with E-state index < -0.39 is 0 Å². The third-order valence-corrected chi connectivity index (χ3v) is 3.49. The van der Waals surface area contributed by atoms with Gasteiger partial charge in [0.1, 0.15) is 5.75 Å². The number of halogens is 1. The van der Waals surface area contributed by atoms with Gasteiger partial charge in [0.25, 0.3) is 0 Å². The molecule has 2 aromatic rings. The summed E-state index contributed by atoms with van der Waals surface area (Å²) in [5.74, 6) is 0.568. The molecule has 23 heavy (non-hydrogen) atoms. The maximum atomic E-state index is 12.1. The second kappa shape index (κ2) is 8.39. The van der Waals surface area contributed by atoms with Gasteiger partial charge in [-0.15, -0.1) is 0 Å². The van der Waals surface area contributed by atoms with E-state index in [2.05, 4.69) is 12.2 Å². The van der Waals surface area contributed by atoms with Gasteiger partial charge in [-0.05, 0) is 43.2 Å². The topological polar surface area (TPSA) is 38.3 Å². The number of ether oxygens (including phenoxy) is 1. The van der Waals surface area contributed by atoms with Crippen LogP contribution in [0, 0.1) is 6.92 Å². The Labute approximate surface area is 141 Å². The van der Waals surface area contributed by atoms with Gasteiger partial charge < -0.3 is 10.1 Å². The quantitative estimate of drug-likeness (QED) is 0.750. The summed E-state index contributed by atoms with van der Waals surface area (Å²) in [4.78, 5) is 12.1. The van der Waals surface area contributed by atoms with Gasteiger partial charge in [-0.25, -0.2) is 0 Å². The van der Waals surface area contributed by atoms with E-state index in [1.807, 2.05) is 37.3 Å². The second-order valence-electron chi connectivity index (χ2n) is 5.17. The molecule has 0 radical (unpaired) electrons. The van der Waals surface area contributed by atoms with Crippen LogP contribution in [0.25, 0.3) is 6.08 Å². The molecule has 0 saturated carbocycles. The first-order chi connectivity index (χ1) is 11.1. The number of hydrogen-bond acceptors (Lipinski definition) is 2. The van der Waals surface area contributed by atoms with E-state index in [0.29, 0.717) is 17.3 Å². The Bertz CT molecular complexity index is 710. The highest BCUT2D eigenvalue weighted by molar-refractivity contribution is 6.31. The average Bonchev–Trinajstić information content (AvgIpc) is 2.55. The van der Waals surface area contributed by atoms with Crippen LogP contribution in [0.5, 0.6) is 5.75 Å². The SMILES string of the molecule is CCCOc1ccccc1C=CC(=O)Nc1cc(Cl)ccc1C. The third kappa shape index (κ3) is 5.15. The molecule has 0 bridgehead atoms. The summed E-state index contributed by atoms with van der Waals surface area (Å²) in [7, 11) is 0. The van der Waals surface area contributed by atoms with Crippen molar-refractivity contribution in [3.8, 4) is 5.75 Å². The molecule has 0 aliphatic heterocycles. The van der Waals surface area contributed by atoms with Crippen molar-refractivity contribution in [2.24, 2.45) is 0 Å². The number of anilines is 1. The van der Waals surface area contributed by atoms with Gasteiger partial charge in [0, 0.05) is 22.3 Å². The molecule has 2 aromatic carbocycles. The normalized spacial score (nSPS) is 10.7. The summed E-state index contributed by atoms with van der Waals surface area (Å²) in [6, 6.07) is 13.0. The zero-order valence-corrected chi connectivity index (χ0v) is 14.1. The van der Waals surface area contributed by atoms with Crippen LogP contribution in [-0.2, 0) is 4.79 Å². The van der Waals surface area contributed by atoms with Gasteiger partial charge in [0.05, 0.1) is 6.61 Å². The first kappa shape index (κ1) is 17.1. The lowest BCUT2D eigenvalue weighted by molar-refractivity contribution is -0.111. The van der Waals surface area contributed by atoms with Crippen LogP contribution in [0.1, 0.15) is 24.5 Å². The zero-order chi connectivity index (χ0) is 16.7. The van der Waals surface area contributed by atoms with Crippen LogP contribution >= 0.6 is 11.6 Å². The van der Waals surface area contributed by atoms with Crippen molar-refractivity contribution in [3.05, 3.63) is 64.7 Å². The number of hydrogen-bond donors (Lipinski definition) is 1. The predicted octanol–water partition coefficient (Wildman–Crippen LogP) is 5.09. The van der Waals surface area contributed by atoms with Crippen molar-refractivity contribution in [3.63, 3.8) is 0 Å². The largest absolute Gasteiger partial charge is 0.493 e. The fraction of sp³-hybridized carbons (Fsp3) is 0.211. The van der Waals surface area contributed by atoms with Crippen LogP contribution in [0.2, 0.25) is 5.02 Å². The molecule has 0 aromatic heterocycles. The number of carbonyl (C=O) groups is 1. The summed E-state index contributed by atoms with van der Waals surface area (Å²) in [5, 5.41) is 3.42. The van der Waals surface area contributed by atoms with Gasteiger partial charge in [-0.1, -0.05) is 42.8 Å². The summed E-state index contributed by atoms with van der Waals surface area (Å²) in [6.07, 6.45) is 4.18. The lowest BCUT2D eigenvalue weighted by atomic mass is 10.1. The van der Waals surface area contributed by atoms with Crippen LogP contribution in [-0.4, -0.2) is 12.5 Å². The Morgan fingerprint density at radius 2 is 2.04 bits per heavy atom. The highest BCUT2D eigenvalue weighted by atomic mass is 35.5. The van der Waals surface area contributed by atoms with Crippen molar-refractivity contribution in [1.82, 2.24) is 0 Å². The lowest BCUT2D eigenvalue weighted by Gasteiger charge is -2.08. The number of carbonyl (C=O) groups excluding carboxylic acids is 1. The standard InChI is InChI=1S/C19H20ClNO2/c1-3-12-23-18-7-5-4-6-15(18)9-11-19(22)21-17-13-16(20)10-8-14(17)2/h4-11,13H,3,12H2,1-2H3,(H,21,22). The Morgan fingerprint density at radius 3 is 2.83 bits per heavy atom. The van der Waals surface area contributed by atoms with Gasteiger partial charge in [0.2, 0.25) is 5.91 Å². The molecule has 3 nitrogen and oxygen atoms in total. The Hall–Kier alpha value is -2.26. The number of aryl methyl sites for hydroxylation is 1. The number of benzene rings is 2. The smallest absolute Gasteiger partial charge is 0.248 e. The average molecular weight is 330 g/mol. The van der Waals surface area contributed by atoms with Crippen molar-refractivity contribution >= 4 is 29.3 Å². The first-order valence-electron chi connectivity index (χ1n) is 7.57. The Balaban J connectivity index is 2.08. The van der Waals surface area contributed by atoms with E-state index in [1.54, 1.807) is 18.2 Å². The van der Waals surface area contributed by atoms with E-state index in [-0.39, 0.29) is 5.91 Å². The molecule has 1 N–H and O–H groups in total. The molecule has 120 valence electrons. The van der Waals surface area contributed by atoms with Crippen LogP contribution in [0.15, 0.2) is 48.5 Å². The lowest BCUT2D eigenvalue weighted by Crippen LogP contribution is -2.09. The highest BCUT2D eigenvalue weighted by Gasteiger charge is 2.04. The van der Waals surface area contributed by atoms with Gasteiger partial charge in [-0.3, -0.25) is 4.79 Å². The predicted molar refractivity (Wildman–Crippen MR) is 96.1 cm³/mol. The fourth-order valence-electron chi connectivity index (χ4n) is 2.03. The maximum Gasteiger partial charge on any atom is 0.248 e. The number of para-hydroxylation sites is 1. The minimum atomic E-state index is -0.208. The molecule has 0 fully saturated rings. The summed E-state index contributed by atoms with van der Waals surface area (Å²) in [6.45, 7) is 4.63. The highest BCUT2D eigenvalue weighted by Crippen LogP contribution is 2.21. The minimum absolute atomic E-state index is 0.208. The zero-order valence-electron chi connectivity index (χ0n) is 13.3. The first-order valence-corrected chi connectivity index (χ1v) is 7.95. The maximum absolute atomic E-state index is 12.1. The molecule has 0 atom stereocenters. The van der Waals surface area contributed by atoms with Gasteiger partial charge in [-0.2, -0.15) is 0 Å². The molecule has 2 rings (SSSR count). The van der Waals surface area contributed by atoms with Gasteiger partial charge >= 0.3 is 0 Å². The summed E-state index contributed by atoms with van der Waals surface area (Å²) < 4.78 is 5.67. The Morgan fingerprint density at radius 1 is 1.26 bits per heavy atom. The summed E-state index contributed by atoms with van der Waals surface area (Å²) in [5.41, 5.74) is 2.55. The van der Waals surface area contributed by atoms with Crippen molar-refractivity contribution in [2.75, 3.05) is 11.9 Å². The van der Waals surface area contributed by atoms with E-state index in [0.717, 1.165) is 23.3 Å². The molecule has 0 saturated heterocycles. The minimum Gasteiger partial charge on any atom is -0.493 e. The van der Waals surface area contributed by atoms with Gasteiger partial charge in [0.15, 0.2) is 0 Å². The second-order valence-corrected chi connectivity index (χ2v) is 5.60. The van der Waals surface area contributed by atoms with E-state index in [9.17, 15) is 4.79 Å². The number of rotatable bonds is 6. The fourth-order valence-corrected chi connectivity index (χ4v) is 2.20. The van der Waals surface area contributed by atoms with Crippen molar-refractivity contribution in [2.45, 2.75) is 20.3 Å². The molecule has 0 heterocycles.